The number of hydrogen-bond donors (Lipinski definition) is 2. The van der Waals surface area contributed by atoms with Crippen molar-refractivity contribution in [2.75, 3.05) is 26.2 Å². The average Bonchev–Trinajstić information content (AvgIpc) is 2.82. The van der Waals surface area contributed by atoms with Gasteiger partial charge in [0, 0.05) is 26.2 Å². The maximum Gasteiger partial charge on any atom is 0.317 e. The lowest BCUT2D eigenvalue weighted by molar-refractivity contribution is -0.142. The highest BCUT2D eigenvalue weighted by atomic mass is 16.5. The number of rotatable bonds is 4. The van der Waals surface area contributed by atoms with Crippen LogP contribution in [0.4, 0.5) is 4.79 Å². The van der Waals surface area contributed by atoms with Gasteiger partial charge in [-0.3, -0.25) is 4.79 Å². The van der Waals surface area contributed by atoms with Gasteiger partial charge in [-0.05, 0) is 31.6 Å². The van der Waals surface area contributed by atoms with Crippen molar-refractivity contribution >= 4 is 12.0 Å². The van der Waals surface area contributed by atoms with Crippen molar-refractivity contribution < 1.29 is 19.4 Å². The monoisotopic (exact) mass is 284 g/mol. The molecule has 3 atom stereocenters. The van der Waals surface area contributed by atoms with E-state index in [4.69, 9.17) is 9.84 Å². The molecule has 2 saturated heterocycles. The number of aliphatic carboxylic acids is 1. The maximum atomic E-state index is 12.0. The van der Waals surface area contributed by atoms with Gasteiger partial charge < -0.3 is 20.1 Å². The molecule has 0 aromatic carbocycles. The summed E-state index contributed by atoms with van der Waals surface area (Å²) in [5.74, 6) is -1.24. The lowest BCUT2D eigenvalue weighted by Gasteiger charge is -2.23. The van der Waals surface area contributed by atoms with Crippen LogP contribution in [0, 0.1) is 11.8 Å². The first-order valence-electron chi connectivity index (χ1n) is 7.45. The summed E-state index contributed by atoms with van der Waals surface area (Å²) in [6.07, 6.45) is 4.48. The molecule has 20 heavy (non-hydrogen) atoms. The lowest BCUT2D eigenvalue weighted by atomic mass is 9.99. The van der Waals surface area contributed by atoms with E-state index in [0.29, 0.717) is 19.6 Å². The Morgan fingerprint density at radius 2 is 2.15 bits per heavy atom. The number of likely N-dealkylation sites (tertiary alicyclic amines) is 1. The van der Waals surface area contributed by atoms with Crippen LogP contribution in [0.15, 0.2) is 0 Å². The molecule has 6 heteroatoms. The molecule has 0 aromatic heterocycles. The molecule has 0 aromatic rings. The van der Waals surface area contributed by atoms with Crippen LogP contribution in [-0.2, 0) is 9.53 Å². The van der Waals surface area contributed by atoms with Crippen molar-refractivity contribution in [1.82, 2.24) is 10.2 Å². The number of carbonyl (C=O) groups excluding carboxylic acids is 1. The Morgan fingerprint density at radius 1 is 1.35 bits per heavy atom. The van der Waals surface area contributed by atoms with Gasteiger partial charge in [0.2, 0.25) is 0 Å². The van der Waals surface area contributed by atoms with E-state index < -0.39 is 11.9 Å². The highest BCUT2D eigenvalue weighted by molar-refractivity contribution is 5.77. The highest BCUT2D eigenvalue weighted by Crippen LogP contribution is 2.23. The Kier molecular flexibility index (Phi) is 5.23. The number of carboxylic acid groups (broad SMARTS) is 1. The number of ether oxygens (including phenoxy) is 1. The third-order valence-electron chi connectivity index (χ3n) is 4.23. The zero-order chi connectivity index (χ0) is 14.5. The minimum atomic E-state index is -0.816. The van der Waals surface area contributed by atoms with Crippen LogP contribution in [0.2, 0.25) is 0 Å². The second-order valence-corrected chi connectivity index (χ2v) is 5.84. The highest BCUT2D eigenvalue weighted by Gasteiger charge is 2.36. The summed E-state index contributed by atoms with van der Waals surface area (Å²) in [7, 11) is 0. The molecule has 0 spiro atoms. The molecule has 114 valence electrons. The fourth-order valence-electron chi connectivity index (χ4n) is 2.94. The predicted octanol–water partition coefficient (Wildman–Crippen LogP) is 1.31. The van der Waals surface area contributed by atoms with Crippen molar-refractivity contribution in [3.63, 3.8) is 0 Å². The van der Waals surface area contributed by atoms with E-state index in [1.807, 2.05) is 6.92 Å². The average molecular weight is 284 g/mol. The van der Waals surface area contributed by atoms with E-state index in [2.05, 4.69) is 5.32 Å². The first-order chi connectivity index (χ1) is 9.58. The Morgan fingerprint density at radius 3 is 2.75 bits per heavy atom. The summed E-state index contributed by atoms with van der Waals surface area (Å²) in [6, 6.07) is -0.156. The molecule has 0 saturated carbocycles. The van der Waals surface area contributed by atoms with Crippen molar-refractivity contribution in [2.24, 2.45) is 11.8 Å². The molecule has 2 N–H and O–H groups in total. The van der Waals surface area contributed by atoms with Crippen molar-refractivity contribution in [2.45, 2.75) is 38.7 Å². The molecule has 2 amide bonds. The number of amides is 2. The topological polar surface area (TPSA) is 78.9 Å². The third-order valence-corrected chi connectivity index (χ3v) is 4.23. The Hall–Kier alpha value is -1.30. The Bertz CT molecular complexity index is 355. The summed E-state index contributed by atoms with van der Waals surface area (Å²) in [5, 5.41) is 11.9. The van der Waals surface area contributed by atoms with Crippen LogP contribution in [0.1, 0.15) is 32.6 Å². The van der Waals surface area contributed by atoms with Crippen LogP contribution >= 0.6 is 0 Å². The third kappa shape index (κ3) is 3.85. The molecule has 2 fully saturated rings. The van der Waals surface area contributed by atoms with E-state index in [1.54, 1.807) is 4.90 Å². The quantitative estimate of drug-likeness (QED) is 0.816. The smallest absolute Gasteiger partial charge is 0.317 e. The SMILES string of the molecule is CC1CN(C(=O)NCCC2CCCCO2)CC1C(=O)O. The first kappa shape index (κ1) is 15.1. The largest absolute Gasteiger partial charge is 0.481 e. The minimum absolute atomic E-state index is 0.0138. The van der Waals surface area contributed by atoms with Gasteiger partial charge in [0.25, 0.3) is 0 Å². The molecule has 0 radical (unpaired) electrons. The number of hydrogen-bond acceptors (Lipinski definition) is 3. The molecule has 0 aliphatic carbocycles. The number of nitrogens with one attached hydrogen (secondary N) is 1. The molecule has 2 rings (SSSR count). The van der Waals surface area contributed by atoms with Gasteiger partial charge in [-0.2, -0.15) is 0 Å². The Balaban J connectivity index is 1.68. The van der Waals surface area contributed by atoms with E-state index in [0.717, 1.165) is 25.9 Å². The normalized spacial score (nSPS) is 30.2. The molecule has 3 unspecified atom stereocenters. The van der Waals surface area contributed by atoms with E-state index in [-0.39, 0.29) is 18.1 Å². The summed E-state index contributed by atoms with van der Waals surface area (Å²) >= 11 is 0. The zero-order valence-corrected chi connectivity index (χ0v) is 12.0. The lowest BCUT2D eigenvalue weighted by Crippen LogP contribution is -2.40. The van der Waals surface area contributed by atoms with E-state index in [1.165, 1.54) is 6.42 Å². The molecule has 6 nitrogen and oxygen atoms in total. The van der Waals surface area contributed by atoms with Gasteiger partial charge in [0.15, 0.2) is 0 Å². The fraction of sp³-hybridized carbons (Fsp3) is 0.857. The van der Waals surface area contributed by atoms with E-state index in [9.17, 15) is 9.59 Å². The number of nitrogens with zero attached hydrogens (tertiary/aromatic N) is 1. The molecular formula is C14H24N2O4. The van der Waals surface area contributed by atoms with Crippen LogP contribution in [0.25, 0.3) is 0 Å². The minimum Gasteiger partial charge on any atom is -0.481 e. The maximum absolute atomic E-state index is 12.0. The molecular weight excluding hydrogens is 260 g/mol. The molecule has 2 aliphatic rings. The van der Waals surface area contributed by atoms with E-state index >= 15 is 0 Å². The number of carbonyl (C=O) groups is 2. The van der Waals surface area contributed by atoms with Crippen LogP contribution in [-0.4, -0.2) is 54.4 Å². The first-order valence-corrected chi connectivity index (χ1v) is 7.45. The summed E-state index contributed by atoms with van der Waals surface area (Å²) in [6.45, 7) is 4.11. The fourth-order valence-corrected chi connectivity index (χ4v) is 2.94. The van der Waals surface area contributed by atoms with Gasteiger partial charge in [-0.1, -0.05) is 6.92 Å². The van der Waals surface area contributed by atoms with Crippen LogP contribution < -0.4 is 5.32 Å². The molecule has 2 aliphatic heterocycles. The second kappa shape index (κ2) is 6.92. The van der Waals surface area contributed by atoms with Crippen LogP contribution in [0.3, 0.4) is 0 Å². The van der Waals surface area contributed by atoms with Gasteiger partial charge in [0.1, 0.15) is 0 Å². The summed E-state index contributed by atoms with van der Waals surface area (Å²) in [5.41, 5.74) is 0. The van der Waals surface area contributed by atoms with Crippen molar-refractivity contribution in [3.05, 3.63) is 0 Å². The van der Waals surface area contributed by atoms with Crippen LogP contribution in [0.5, 0.6) is 0 Å². The van der Waals surface area contributed by atoms with Gasteiger partial charge in [0.05, 0.1) is 12.0 Å². The number of urea groups is 1. The summed E-state index contributed by atoms with van der Waals surface area (Å²) in [4.78, 5) is 24.6. The zero-order valence-electron chi connectivity index (χ0n) is 12.0. The van der Waals surface area contributed by atoms with Gasteiger partial charge in [-0.25, -0.2) is 4.79 Å². The molecule has 2 heterocycles. The van der Waals surface area contributed by atoms with Gasteiger partial charge in [-0.15, -0.1) is 0 Å². The number of carboxylic acids is 1. The predicted molar refractivity (Wildman–Crippen MR) is 73.5 cm³/mol. The van der Waals surface area contributed by atoms with Gasteiger partial charge >= 0.3 is 12.0 Å². The second-order valence-electron chi connectivity index (χ2n) is 5.84. The van der Waals surface area contributed by atoms with Crippen molar-refractivity contribution in [3.8, 4) is 0 Å². The van der Waals surface area contributed by atoms with Crippen molar-refractivity contribution in [1.29, 1.82) is 0 Å². The summed E-state index contributed by atoms with van der Waals surface area (Å²) < 4.78 is 5.61. The Labute approximate surface area is 119 Å². The standard InChI is InChI=1S/C14H24N2O4/c1-10-8-16(9-12(10)13(17)18)14(19)15-6-5-11-4-2-3-7-20-11/h10-12H,2-9H2,1H3,(H,15,19)(H,17,18). The molecule has 0 bridgehead atoms.